The zero-order valence-corrected chi connectivity index (χ0v) is 14.8. The first-order valence-electron chi connectivity index (χ1n) is 8.73. The molecule has 0 atom stereocenters. The molecule has 1 aromatic heterocycles. The number of benzene rings is 3. The summed E-state index contributed by atoms with van der Waals surface area (Å²) in [6.07, 6.45) is 1.63. The minimum absolute atomic E-state index is 0.0348. The molecule has 0 aliphatic heterocycles. The summed E-state index contributed by atoms with van der Waals surface area (Å²) in [7, 11) is 0. The number of nitrogens with zero attached hydrogens (tertiary/aromatic N) is 1. The van der Waals surface area contributed by atoms with E-state index in [0.717, 1.165) is 17.2 Å². The van der Waals surface area contributed by atoms with Crippen LogP contribution in [-0.4, -0.2) is 10.8 Å². The predicted molar refractivity (Wildman–Crippen MR) is 105 cm³/mol. The second-order valence-corrected chi connectivity index (χ2v) is 6.33. The Balaban J connectivity index is 1.57. The van der Waals surface area contributed by atoms with Gasteiger partial charge in [0.15, 0.2) is 5.78 Å². The van der Waals surface area contributed by atoms with Gasteiger partial charge in [-0.1, -0.05) is 60.7 Å². The molecule has 0 saturated carbocycles. The number of carbonyl (C=O) groups excluding carboxylic acids is 1. The summed E-state index contributed by atoms with van der Waals surface area (Å²) in [5, 5.41) is 0. The number of pyridine rings is 1. The van der Waals surface area contributed by atoms with E-state index < -0.39 is 11.6 Å². The number of hydrogen-bond acceptors (Lipinski definition) is 2. The summed E-state index contributed by atoms with van der Waals surface area (Å²) in [6.45, 7) is 0. The zero-order valence-electron chi connectivity index (χ0n) is 14.8. The van der Waals surface area contributed by atoms with E-state index in [9.17, 15) is 13.6 Å². The first-order valence-corrected chi connectivity index (χ1v) is 8.73. The Hall–Kier alpha value is -3.66. The van der Waals surface area contributed by atoms with Crippen molar-refractivity contribution in [2.75, 3.05) is 0 Å². The molecule has 0 N–H and O–H groups in total. The number of aromatic nitrogens is 1. The van der Waals surface area contributed by atoms with Crippen molar-refractivity contribution < 1.29 is 13.6 Å². The number of carbonyl (C=O) groups is 1. The summed E-state index contributed by atoms with van der Waals surface area (Å²) in [4.78, 5) is 16.8. The van der Waals surface area contributed by atoms with Gasteiger partial charge in [-0.25, -0.2) is 8.78 Å². The van der Waals surface area contributed by atoms with Gasteiger partial charge >= 0.3 is 0 Å². The molecule has 136 valence electrons. The van der Waals surface area contributed by atoms with E-state index in [1.807, 2.05) is 36.4 Å². The molecule has 0 unspecified atom stereocenters. The fourth-order valence-electron chi connectivity index (χ4n) is 2.99. The maximum atomic E-state index is 13.9. The average molecular weight is 371 g/mol. The Labute approximate surface area is 161 Å². The summed E-state index contributed by atoms with van der Waals surface area (Å²) in [5.74, 6) is -1.31. The molecule has 28 heavy (non-hydrogen) atoms. The smallest absolute Gasteiger partial charge is 0.193 e. The largest absolute Gasteiger partial charge is 0.289 e. The third-order valence-electron chi connectivity index (χ3n) is 4.49. The molecule has 4 aromatic rings. The highest BCUT2D eigenvalue weighted by atomic mass is 19.1. The third-order valence-corrected chi connectivity index (χ3v) is 4.49. The van der Waals surface area contributed by atoms with Gasteiger partial charge in [-0.3, -0.25) is 9.78 Å². The molecular weight excluding hydrogens is 356 g/mol. The van der Waals surface area contributed by atoms with Crippen LogP contribution in [0.2, 0.25) is 0 Å². The van der Waals surface area contributed by atoms with Gasteiger partial charge in [-0.05, 0) is 23.8 Å². The van der Waals surface area contributed by atoms with Crippen molar-refractivity contribution >= 4 is 5.78 Å². The van der Waals surface area contributed by atoms with Crippen molar-refractivity contribution in [2.24, 2.45) is 0 Å². The van der Waals surface area contributed by atoms with E-state index in [1.165, 1.54) is 12.1 Å². The number of rotatable bonds is 4. The summed E-state index contributed by atoms with van der Waals surface area (Å²) in [6, 6.07) is 23.3. The summed E-state index contributed by atoms with van der Waals surface area (Å²) >= 11 is 0. The molecule has 0 aliphatic carbocycles. The zero-order chi connectivity index (χ0) is 19.5. The van der Waals surface area contributed by atoms with Crippen LogP contribution in [-0.2, 0) is 0 Å². The van der Waals surface area contributed by atoms with E-state index in [1.54, 1.807) is 36.5 Å². The van der Waals surface area contributed by atoms with Crippen molar-refractivity contribution in [2.45, 2.75) is 0 Å². The Morgan fingerprint density at radius 1 is 0.714 bits per heavy atom. The lowest BCUT2D eigenvalue weighted by molar-refractivity contribution is 0.103. The van der Waals surface area contributed by atoms with Crippen LogP contribution in [0.25, 0.3) is 22.4 Å². The van der Waals surface area contributed by atoms with Crippen LogP contribution in [0, 0.1) is 11.6 Å². The van der Waals surface area contributed by atoms with Gasteiger partial charge in [-0.15, -0.1) is 0 Å². The van der Waals surface area contributed by atoms with E-state index >= 15 is 0 Å². The highest BCUT2D eigenvalue weighted by molar-refractivity contribution is 6.09. The van der Waals surface area contributed by atoms with E-state index in [4.69, 9.17) is 0 Å². The second kappa shape index (κ2) is 7.53. The maximum Gasteiger partial charge on any atom is 0.193 e. The number of ketones is 1. The molecule has 1 heterocycles. The molecule has 0 fully saturated rings. The van der Waals surface area contributed by atoms with Crippen LogP contribution >= 0.6 is 0 Å². The maximum absolute atomic E-state index is 13.9. The van der Waals surface area contributed by atoms with Gasteiger partial charge in [-0.2, -0.15) is 0 Å². The quantitative estimate of drug-likeness (QED) is 0.417. The van der Waals surface area contributed by atoms with Crippen LogP contribution < -0.4 is 0 Å². The van der Waals surface area contributed by atoms with Gasteiger partial charge in [0.05, 0.1) is 5.69 Å². The molecule has 0 spiro atoms. The van der Waals surface area contributed by atoms with E-state index in [2.05, 4.69) is 4.98 Å². The molecule has 4 rings (SSSR count). The van der Waals surface area contributed by atoms with Crippen molar-refractivity contribution in [3.8, 4) is 22.4 Å². The fourth-order valence-corrected chi connectivity index (χ4v) is 2.99. The monoisotopic (exact) mass is 371 g/mol. The van der Waals surface area contributed by atoms with Crippen LogP contribution in [0.4, 0.5) is 8.78 Å². The minimum Gasteiger partial charge on any atom is -0.289 e. The molecule has 0 saturated heterocycles. The first kappa shape index (κ1) is 17.7. The third kappa shape index (κ3) is 3.58. The van der Waals surface area contributed by atoms with Crippen molar-refractivity contribution in [3.05, 3.63) is 114 Å². The lowest BCUT2D eigenvalue weighted by Gasteiger charge is -2.06. The number of hydrogen-bond donors (Lipinski definition) is 0. The van der Waals surface area contributed by atoms with Crippen molar-refractivity contribution in [3.63, 3.8) is 0 Å². The number of halogens is 2. The highest BCUT2D eigenvalue weighted by Crippen LogP contribution is 2.25. The van der Waals surface area contributed by atoms with E-state index in [-0.39, 0.29) is 11.3 Å². The Morgan fingerprint density at radius 3 is 2.04 bits per heavy atom. The molecule has 0 amide bonds. The molecule has 0 bridgehead atoms. The molecule has 3 aromatic carbocycles. The lowest BCUT2D eigenvalue weighted by Crippen LogP contribution is -2.00. The first-order chi connectivity index (χ1) is 13.6. The minimum atomic E-state index is -0.649. The van der Waals surface area contributed by atoms with Crippen LogP contribution in [0.1, 0.15) is 15.9 Å². The predicted octanol–water partition coefficient (Wildman–Crippen LogP) is 5.92. The van der Waals surface area contributed by atoms with Crippen LogP contribution in [0.15, 0.2) is 91.1 Å². The van der Waals surface area contributed by atoms with Gasteiger partial charge in [0, 0.05) is 34.5 Å². The fraction of sp³-hybridized carbons (Fsp3) is 0. The van der Waals surface area contributed by atoms with Crippen molar-refractivity contribution in [1.82, 2.24) is 4.98 Å². The van der Waals surface area contributed by atoms with Gasteiger partial charge < -0.3 is 0 Å². The van der Waals surface area contributed by atoms with Gasteiger partial charge in [0.25, 0.3) is 0 Å². The molecule has 0 radical (unpaired) electrons. The van der Waals surface area contributed by atoms with Crippen molar-refractivity contribution in [1.29, 1.82) is 0 Å². The van der Waals surface area contributed by atoms with Crippen LogP contribution in [0.5, 0.6) is 0 Å². The van der Waals surface area contributed by atoms with Crippen LogP contribution in [0.3, 0.4) is 0 Å². The Bertz CT molecular complexity index is 1120. The molecular formula is C24H15F2NO. The lowest BCUT2D eigenvalue weighted by atomic mass is 10.00. The standard InChI is InChI=1S/C24H15F2NO/c25-20-11-12-21(22(26)14-20)23-13-10-19(15-27-23)16-6-8-18(9-7-16)24(28)17-4-2-1-3-5-17/h1-15H. The second-order valence-electron chi connectivity index (χ2n) is 6.33. The Morgan fingerprint density at radius 2 is 1.39 bits per heavy atom. The van der Waals surface area contributed by atoms with Gasteiger partial charge in [0.1, 0.15) is 11.6 Å². The highest BCUT2D eigenvalue weighted by Gasteiger charge is 2.10. The topological polar surface area (TPSA) is 30.0 Å². The summed E-state index contributed by atoms with van der Waals surface area (Å²) in [5.41, 5.74) is 3.65. The Kier molecular flexibility index (Phi) is 4.77. The van der Waals surface area contributed by atoms with Gasteiger partial charge in [0.2, 0.25) is 0 Å². The normalized spacial score (nSPS) is 10.6. The SMILES string of the molecule is O=C(c1ccccc1)c1ccc(-c2ccc(-c3ccc(F)cc3F)nc2)cc1. The molecule has 4 heteroatoms. The molecule has 0 aliphatic rings. The average Bonchev–Trinajstić information content (AvgIpc) is 2.74. The molecule has 2 nitrogen and oxygen atoms in total. The summed E-state index contributed by atoms with van der Waals surface area (Å²) < 4.78 is 27.0. The van der Waals surface area contributed by atoms with E-state index in [0.29, 0.717) is 16.8 Å².